The molecule has 18 heavy (non-hydrogen) atoms. The van der Waals surface area contributed by atoms with Crippen molar-refractivity contribution < 1.29 is 14.0 Å². The zero-order valence-corrected chi connectivity index (χ0v) is 13.2. The zero-order chi connectivity index (χ0) is 13.9. The predicted molar refractivity (Wildman–Crippen MR) is 77.8 cm³/mol. The van der Waals surface area contributed by atoms with E-state index in [-0.39, 0.29) is 0 Å². The number of quaternary nitrogens is 1. The summed E-state index contributed by atoms with van der Waals surface area (Å²) in [5.74, 6) is 0.774. The number of ether oxygens (including phenoxy) is 2. The monoisotopic (exact) mass is 260 g/mol. The van der Waals surface area contributed by atoms with Gasteiger partial charge in [-0.05, 0) is 12.8 Å². The van der Waals surface area contributed by atoms with Crippen molar-refractivity contribution in [3.63, 3.8) is 0 Å². The largest absolute Gasteiger partial charge is 0.379 e. The van der Waals surface area contributed by atoms with Gasteiger partial charge in [0.25, 0.3) is 0 Å². The van der Waals surface area contributed by atoms with Gasteiger partial charge in [0.15, 0.2) is 0 Å². The minimum absolute atomic E-state index is 0.774. The van der Waals surface area contributed by atoms with Gasteiger partial charge in [-0.3, -0.25) is 0 Å². The van der Waals surface area contributed by atoms with Crippen LogP contribution in [0, 0.1) is 5.92 Å². The lowest BCUT2D eigenvalue weighted by molar-refractivity contribution is -0.931. The molecule has 0 bridgehead atoms. The molecule has 0 aromatic carbocycles. The normalized spacial score (nSPS) is 13.8. The van der Waals surface area contributed by atoms with Crippen LogP contribution in [0.25, 0.3) is 0 Å². The van der Waals surface area contributed by atoms with Crippen LogP contribution in [0.4, 0.5) is 0 Å². The van der Waals surface area contributed by atoms with Crippen LogP contribution in [-0.4, -0.2) is 58.1 Å². The number of hydrogen-bond donors (Lipinski definition) is 0. The first-order valence-corrected chi connectivity index (χ1v) is 7.47. The van der Waals surface area contributed by atoms with Gasteiger partial charge in [0, 0.05) is 20.1 Å². The van der Waals surface area contributed by atoms with E-state index in [1.807, 2.05) is 0 Å². The Kier molecular flexibility index (Phi) is 10.7. The molecule has 0 aliphatic rings. The van der Waals surface area contributed by atoms with E-state index >= 15 is 0 Å². The molecule has 0 aliphatic carbocycles. The molecule has 0 rings (SSSR count). The second kappa shape index (κ2) is 10.8. The van der Waals surface area contributed by atoms with Crippen molar-refractivity contribution in [2.75, 3.05) is 53.6 Å². The van der Waals surface area contributed by atoms with Crippen LogP contribution in [0.5, 0.6) is 0 Å². The van der Waals surface area contributed by atoms with Crippen LogP contribution in [0.3, 0.4) is 0 Å². The first kappa shape index (κ1) is 17.9. The Morgan fingerprint density at radius 2 is 1.50 bits per heavy atom. The molecule has 0 amide bonds. The van der Waals surface area contributed by atoms with Gasteiger partial charge in [-0.25, -0.2) is 0 Å². The van der Waals surface area contributed by atoms with Crippen LogP contribution < -0.4 is 0 Å². The summed E-state index contributed by atoms with van der Waals surface area (Å²) in [6.45, 7) is 13.4. The Balaban J connectivity index is 4.61. The molecule has 0 saturated heterocycles. The third-order valence-corrected chi connectivity index (χ3v) is 3.92. The van der Waals surface area contributed by atoms with E-state index in [1.54, 1.807) is 14.2 Å². The topological polar surface area (TPSA) is 18.5 Å². The molecule has 0 aromatic rings. The van der Waals surface area contributed by atoms with Gasteiger partial charge in [-0.15, -0.1) is 0 Å². The molecule has 0 spiro atoms. The molecular formula is C15H34NO2+. The summed E-state index contributed by atoms with van der Waals surface area (Å²) >= 11 is 0. The maximum Gasteiger partial charge on any atom is 0.102 e. The van der Waals surface area contributed by atoms with Crippen molar-refractivity contribution >= 4 is 0 Å². The lowest BCUT2D eigenvalue weighted by Gasteiger charge is -2.40. The van der Waals surface area contributed by atoms with E-state index < -0.39 is 0 Å². The number of nitrogens with zero attached hydrogens (tertiary/aromatic N) is 1. The smallest absolute Gasteiger partial charge is 0.102 e. The van der Waals surface area contributed by atoms with Gasteiger partial charge in [-0.1, -0.05) is 27.2 Å². The Labute approximate surface area is 114 Å². The Morgan fingerprint density at radius 1 is 0.944 bits per heavy atom. The predicted octanol–water partition coefficient (Wildman–Crippen LogP) is 2.94. The molecule has 3 nitrogen and oxygen atoms in total. The lowest BCUT2D eigenvalue weighted by atomic mass is 10.1. The summed E-state index contributed by atoms with van der Waals surface area (Å²) in [6.07, 6.45) is 3.82. The number of unbranched alkanes of at least 4 members (excludes halogenated alkanes) is 1. The molecule has 0 aliphatic heterocycles. The molecule has 1 unspecified atom stereocenters. The molecule has 0 radical (unpaired) electrons. The summed E-state index contributed by atoms with van der Waals surface area (Å²) < 4.78 is 11.8. The molecule has 0 heterocycles. The first-order valence-electron chi connectivity index (χ1n) is 7.47. The van der Waals surface area contributed by atoms with Crippen molar-refractivity contribution in [1.82, 2.24) is 0 Å². The van der Waals surface area contributed by atoms with Crippen LogP contribution in [0.1, 0.15) is 40.0 Å². The van der Waals surface area contributed by atoms with Crippen molar-refractivity contribution in [1.29, 1.82) is 0 Å². The minimum atomic E-state index is 0.774. The summed E-state index contributed by atoms with van der Waals surface area (Å²) in [4.78, 5) is 0. The Hall–Kier alpha value is -0.120. The van der Waals surface area contributed by atoms with Crippen LogP contribution in [-0.2, 0) is 9.47 Å². The van der Waals surface area contributed by atoms with Gasteiger partial charge in [-0.2, -0.15) is 0 Å². The molecular weight excluding hydrogens is 226 g/mol. The Morgan fingerprint density at radius 3 is 1.89 bits per heavy atom. The van der Waals surface area contributed by atoms with E-state index in [2.05, 4.69) is 20.8 Å². The molecule has 0 saturated carbocycles. The molecule has 0 fully saturated rings. The van der Waals surface area contributed by atoms with Gasteiger partial charge in [0.2, 0.25) is 0 Å². The quantitative estimate of drug-likeness (QED) is 0.502. The summed E-state index contributed by atoms with van der Waals surface area (Å²) in [5, 5.41) is 0. The van der Waals surface area contributed by atoms with E-state index in [0.717, 1.165) is 36.7 Å². The maximum absolute atomic E-state index is 5.32. The molecule has 0 N–H and O–H groups in total. The standard InChI is InChI=1S/C15H34NO2/c1-6-8-9-16(10-12-17-4,11-13-18-5)14-15(3)7-2/h15H,6-14H2,1-5H3/q+1. The summed E-state index contributed by atoms with van der Waals surface area (Å²) in [7, 11) is 3.60. The number of rotatable bonds is 12. The molecule has 0 aromatic heterocycles. The minimum Gasteiger partial charge on any atom is -0.379 e. The average Bonchev–Trinajstić information content (AvgIpc) is 2.40. The third-order valence-electron chi connectivity index (χ3n) is 3.92. The van der Waals surface area contributed by atoms with Crippen molar-refractivity contribution in [3.05, 3.63) is 0 Å². The number of methoxy groups -OCH3 is 2. The fourth-order valence-corrected chi connectivity index (χ4v) is 2.46. The van der Waals surface area contributed by atoms with Crippen LogP contribution >= 0.6 is 0 Å². The average molecular weight is 260 g/mol. The second-order valence-electron chi connectivity index (χ2n) is 5.55. The van der Waals surface area contributed by atoms with Gasteiger partial charge in [0.05, 0.1) is 26.3 Å². The highest BCUT2D eigenvalue weighted by atomic mass is 16.5. The highest BCUT2D eigenvalue weighted by molar-refractivity contribution is 4.53. The second-order valence-corrected chi connectivity index (χ2v) is 5.55. The SMILES string of the molecule is CCCC[N+](CCOC)(CCOC)CC(C)CC. The van der Waals surface area contributed by atoms with E-state index in [4.69, 9.17) is 9.47 Å². The van der Waals surface area contributed by atoms with Gasteiger partial charge >= 0.3 is 0 Å². The lowest BCUT2D eigenvalue weighted by Crippen LogP contribution is -2.54. The highest BCUT2D eigenvalue weighted by Crippen LogP contribution is 2.16. The van der Waals surface area contributed by atoms with Gasteiger partial charge < -0.3 is 14.0 Å². The van der Waals surface area contributed by atoms with E-state index in [1.165, 1.54) is 32.4 Å². The fourth-order valence-electron chi connectivity index (χ4n) is 2.46. The van der Waals surface area contributed by atoms with Crippen molar-refractivity contribution in [2.45, 2.75) is 40.0 Å². The Bertz CT molecular complexity index is 164. The van der Waals surface area contributed by atoms with Gasteiger partial charge in [0.1, 0.15) is 13.1 Å². The third kappa shape index (κ3) is 7.34. The molecule has 110 valence electrons. The molecule has 3 heteroatoms. The number of hydrogen-bond acceptors (Lipinski definition) is 2. The fraction of sp³-hybridized carbons (Fsp3) is 1.00. The molecule has 1 atom stereocenters. The first-order chi connectivity index (χ1) is 8.64. The van der Waals surface area contributed by atoms with Crippen LogP contribution in [0.15, 0.2) is 0 Å². The maximum atomic E-state index is 5.32. The van der Waals surface area contributed by atoms with Crippen molar-refractivity contribution in [3.8, 4) is 0 Å². The summed E-state index contributed by atoms with van der Waals surface area (Å²) in [6, 6.07) is 0. The van der Waals surface area contributed by atoms with Crippen molar-refractivity contribution in [2.24, 2.45) is 5.92 Å². The summed E-state index contributed by atoms with van der Waals surface area (Å²) in [5.41, 5.74) is 0. The highest BCUT2D eigenvalue weighted by Gasteiger charge is 2.28. The van der Waals surface area contributed by atoms with E-state index in [9.17, 15) is 0 Å². The zero-order valence-electron chi connectivity index (χ0n) is 13.2. The van der Waals surface area contributed by atoms with Crippen LogP contribution in [0.2, 0.25) is 0 Å². The van der Waals surface area contributed by atoms with E-state index in [0.29, 0.717) is 0 Å².